The quantitative estimate of drug-likeness (QED) is 0.783. The van der Waals surface area contributed by atoms with Crippen LogP contribution in [-0.4, -0.2) is 23.0 Å². The zero-order valence-electron chi connectivity index (χ0n) is 10.6. The van der Waals surface area contributed by atoms with Crippen LogP contribution in [0.15, 0.2) is 0 Å². The number of nitrogens with one attached hydrogen (secondary N) is 1. The lowest BCUT2D eigenvalue weighted by atomic mass is 9.96. The highest BCUT2D eigenvalue weighted by Crippen LogP contribution is 2.49. The number of carboxylic acid groups (broad SMARTS) is 1. The standard InChI is InChI=1S/C14H21NO3/c16-13(12(8-1-2-8)9-3-4-9)15-11-6-5-10(7-11)14(17)18/h8-12H,1-7H2,(H,15,16)(H,17,18)/t10-,11+/m0/s1. The molecule has 0 saturated heterocycles. The fourth-order valence-corrected chi connectivity index (χ4v) is 3.36. The second-order valence-electron chi connectivity index (χ2n) is 6.25. The Bertz CT molecular complexity index is 348. The van der Waals surface area contributed by atoms with Gasteiger partial charge in [-0.2, -0.15) is 0 Å². The van der Waals surface area contributed by atoms with Gasteiger partial charge in [0.25, 0.3) is 0 Å². The molecule has 3 rings (SSSR count). The fraction of sp³-hybridized carbons (Fsp3) is 0.857. The van der Waals surface area contributed by atoms with Crippen LogP contribution in [0.5, 0.6) is 0 Å². The molecule has 1 amide bonds. The Hall–Kier alpha value is -1.06. The van der Waals surface area contributed by atoms with Crippen molar-refractivity contribution in [3.8, 4) is 0 Å². The number of aliphatic carboxylic acids is 1. The van der Waals surface area contributed by atoms with Crippen LogP contribution in [0.3, 0.4) is 0 Å². The number of carbonyl (C=O) groups excluding carboxylic acids is 1. The molecule has 4 heteroatoms. The predicted octanol–water partition coefficient (Wildman–Crippen LogP) is 1.79. The summed E-state index contributed by atoms with van der Waals surface area (Å²) in [4.78, 5) is 23.2. The normalized spacial score (nSPS) is 31.6. The second-order valence-corrected chi connectivity index (χ2v) is 6.25. The largest absolute Gasteiger partial charge is 0.481 e. The van der Waals surface area contributed by atoms with Gasteiger partial charge < -0.3 is 10.4 Å². The summed E-state index contributed by atoms with van der Waals surface area (Å²) in [6, 6.07) is 0.0959. The van der Waals surface area contributed by atoms with Crippen LogP contribution in [0.4, 0.5) is 0 Å². The molecule has 0 radical (unpaired) electrons. The number of rotatable bonds is 5. The van der Waals surface area contributed by atoms with Crippen molar-refractivity contribution in [3.05, 3.63) is 0 Å². The van der Waals surface area contributed by atoms with Crippen LogP contribution < -0.4 is 5.32 Å². The Kier molecular flexibility index (Phi) is 3.04. The van der Waals surface area contributed by atoms with Crippen molar-refractivity contribution in [2.75, 3.05) is 0 Å². The summed E-state index contributed by atoms with van der Waals surface area (Å²) in [6.07, 6.45) is 6.97. The Balaban J connectivity index is 1.53. The van der Waals surface area contributed by atoms with Crippen LogP contribution in [0.1, 0.15) is 44.9 Å². The molecule has 0 unspecified atom stereocenters. The Morgan fingerprint density at radius 2 is 1.61 bits per heavy atom. The average molecular weight is 251 g/mol. The zero-order chi connectivity index (χ0) is 12.7. The fourth-order valence-electron chi connectivity index (χ4n) is 3.36. The first-order valence-corrected chi connectivity index (χ1v) is 7.18. The Morgan fingerprint density at radius 1 is 1.00 bits per heavy atom. The first-order valence-electron chi connectivity index (χ1n) is 7.18. The maximum Gasteiger partial charge on any atom is 0.306 e. The molecule has 2 atom stereocenters. The smallest absolute Gasteiger partial charge is 0.306 e. The van der Waals surface area contributed by atoms with E-state index in [-0.39, 0.29) is 23.8 Å². The van der Waals surface area contributed by atoms with Crippen molar-refractivity contribution in [3.63, 3.8) is 0 Å². The third-order valence-electron chi connectivity index (χ3n) is 4.69. The highest BCUT2D eigenvalue weighted by atomic mass is 16.4. The van der Waals surface area contributed by atoms with E-state index in [2.05, 4.69) is 5.32 Å². The number of hydrogen-bond acceptors (Lipinski definition) is 2. The zero-order valence-corrected chi connectivity index (χ0v) is 10.6. The molecule has 3 saturated carbocycles. The molecule has 4 nitrogen and oxygen atoms in total. The summed E-state index contributed by atoms with van der Waals surface area (Å²) in [5.74, 6) is 0.705. The van der Waals surface area contributed by atoms with Crippen LogP contribution >= 0.6 is 0 Å². The lowest BCUT2D eigenvalue weighted by Gasteiger charge is -2.19. The molecule has 100 valence electrons. The molecular formula is C14H21NO3. The SMILES string of the molecule is O=C(N[C@@H]1CC[C@H](C(=O)O)C1)C(C1CC1)C1CC1. The molecule has 0 aliphatic heterocycles. The third-order valence-corrected chi connectivity index (χ3v) is 4.69. The minimum Gasteiger partial charge on any atom is -0.481 e. The number of hydrogen-bond donors (Lipinski definition) is 2. The number of amides is 1. The summed E-state index contributed by atoms with van der Waals surface area (Å²) in [5, 5.41) is 12.1. The molecule has 3 aliphatic rings. The van der Waals surface area contributed by atoms with Gasteiger partial charge in [0.15, 0.2) is 0 Å². The van der Waals surface area contributed by atoms with E-state index < -0.39 is 5.97 Å². The lowest BCUT2D eigenvalue weighted by Crippen LogP contribution is -2.39. The number of carbonyl (C=O) groups is 2. The van der Waals surface area contributed by atoms with Gasteiger partial charge in [-0.1, -0.05) is 0 Å². The maximum absolute atomic E-state index is 12.3. The van der Waals surface area contributed by atoms with E-state index in [1.807, 2.05) is 0 Å². The van der Waals surface area contributed by atoms with Crippen molar-refractivity contribution in [1.82, 2.24) is 5.32 Å². The van der Waals surface area contributed by atoms with Crippen molar-refractivity contribution in [1.29, 1.82) is 0 Å². The van der Waals surface area contributed by atoms with Gasteiger partial charge in [0, 0.05) is 12.0 Å². The van der Waals surface area contributed by atoms with Crippen LogP contribution in [-0.2, 0) is 9.59 Å². The summed E-state index contributed by atoms with van der Waals surface area (Å²) in [5.41, 5.74) is 0. The van der Waals surface area contributed by atoms with Crippen molar-refractivity contribution >= 4 is 11.9 Å². The molecular weight excluding hydrogens is 230 g/mol. The van der Waals surface area contributed by atoms with Gasteiger partial charge in [0.2, 0.25) is 5.91 Å². The predicted molar refractivity (Wildman–Crippen MR) is 65.8 cm³/mol. The van der Waals surface area contributed by atoms with Crippen LogP contribution in [0, 0.1) is 23.7 Å². The van der Waals surface area contributed by atoms with Gasteiger partial charge in [-0.25, -0.2) is 0 Å². The van der Waals surface area contributed by atoms with Gasteiger partial charge in [-0.05, 0) is 56.8 Å². The molecule has 0 aromatic carbocycles. The van der Waals surface area contributed by atoms with E-state index in [0.717, 1.165) is 6.42 Å². The third kappa shape index (κ3) is 2.52. The lowest BCUT2D eigenvalue weighted by molar-refractivity contribution is -0.141. The molecule has 0 bridgehead atoms. The minimum absolute atomic E-state index is 0.0959. The molecule has 0 aromatic heterocycles. The summed E-state index contributed by atoms with van der Waals surface area (Å²) >= 11 is 0. The minimum atomic E-state index is -0.715. The molecule has 0 heterocycles. The summed E-state index contributed by atoms with van der Waals surface area (Å²) < 4.78 is 0. The Labute approximate surface area is 107 Å². The van der Waals surface area contributed by atoms with Crippen molar-refractivity contribution < 1.29 is 14.7 Å². The molecule has 0 spiro atoms. The summed E-state index contributed by atoms with van der Waals surface area (Å²) in [6.45, 7) is 0. The van der Waals surface area contributed by atoms with E-state index in [0.29, 0.717) is 24.7 Å². The highest BCUT2D eigenvalue weighted by molar-refractivity contribution is 5.80. The average Bonchev–Trinajstić information content (AvgIpc) is 3.22. The van der Waals surface area contributed by atoms with E-state index in [1.165, 1.54) is 25.7 Å². The molecule has 2 N–H and O–H groups in total. The van der Waals surface area contributed by atoms with E-state index >= 15 is 0 Å². The van der Waals surface area contributed by atoms with Gasteiger partial charge in [0.1, 0.15) is 0 Å². The van der Waals surface area contributed by atoms with E-state index in [4.69, 9.17) is 5.11 Å². The second kappa shape index (κ2) is 4.56. The van der Waals surface area contributed by atoms with Gasteiger partial charge >= 0.3 is 5.97 Å². The van der Waals surface area contributed by atoms with Crippen molar-refractivity contribution in [2.45, 2.75) is 51.0 Å². The molecule has 18 heavy (non-hydrogen) atoms. The summed E-state index contributed by atoms with van der Waals surface area (Å²) in [7, 11) is 0. The first kappa shape index (κ1) is 12.0. The molecule has 3 aliphatic carbocycles. The van der Waals surface area contributed by atoms with Crippen LogP contribution in [0.2, 0.25) is 0 Å². The van der Waals surface area contributed by atoms with Gasteiger partial charge in [0.05, 0.1) is 5.92 Å². The Morgan fingerprint density at radius 3 is 2.06 bits per heavy atom. The van der Waals surface area contributed by atoms with Crippen molar-refractivity contribution in [2.24, 2.45) is 23.7 Å². The van der Waals surface area contributed by atoms with Crippen LogP contribution in [0.25, 0.3) is 0 Å². The van der Waals surface area contributed by atoms with Gasteiger partial charge in [-0.15, -0.1) is 0 Å². The van der Waals surface area contributed by atoms with E-state index in [1.54, 1.807) is 0 Å². The molecule has 0 aromatic rings. The topological polar surface area (TPSA) is 66.4 Å². The van der Waals surface area contributed by atoms with E-state index in [9.17, 15) is 9.59 Å². The monoisotopic (exact) mass is 251 g/mol. The highest BCUT2D eigenvalue weighted by Gasteiger charge is 2.46. The maximum atomic E-state index is 12.3. The number of carboxylic acids is 1. The molecule has 3 fully saturated rings. The van der Waals surface area contributed by atoms with Gasteiger partial charge in [-0.3, -0.25) is 9.59 Å². The first-order chi connectivity index (χ1) is 8.65.